The van der Waals surface area contributed by atoms with E-state index in [0.717, 1.165) is 12.8 Å². The summed E-state index contributed by atoms with van der Waals surface area (Å²) in [7, 11) is 0. The van der Waals surface area contributed by atoms with Crippen molar-refractivity contribution in [2.75, 3.05) is 13.2 Å². The average molecular weight is 203 g/mol. The van der Waals surface area contributed by atoms with Gasteiger partial charge >= 0.3 is 0 Å². The first-order valence-corrected chi connectivity index (χ1v) is 4.80. The van der Waals surface area contributed by atoms with E-state index in [1.54, 1.807) is 0 Å². The highest BCUT2D eigenvalue weighted by Crippen LogP contribution is 2.36. The van der Waals surface area contributed by atoms with Gasteiger partial charge in [0.2, 0.25) is 12.3 Å². The molecule has 2 rings (SSSR count). The molecule has 2 fully saturated rings. The molecule has 1 spiro atoms. The molecule has 14 heavy (non-hydrogen) atoms. The van der Waals surface area contributed by atoms with Gasteiger partial charge in [-0.1, -0.05) is 0 Å². The Morgan fingerprint density at radius 2 is 2.36 bits per heavy atom. The third-order valence-corrected chi connectivity index (χ3v) is 2.60. The minimum Gasteiger partial charge on any atom is -0.347 e. The largest absolute Gasteiger partial charge is 0.347 e. The van der Waals surface area contributed by atoms with Gasteiger partial charge in [0.15, 0.2) is 6.10 Å². The van der Waals surface area contributed by atoms with E-state index in [1.165, 1.54) is 0 Å². The molecule has 0 N–H and O–H groups in total. The van der Waals surface area contributed by atoms with Gasteiger partial charge in [0.25, 0.3) is 0 Å². The summed E-state index contributed by atoms with van der Waals surface area (Å²) in [5, 5.41) is 10.2. The number of rotatable bonds is 2. The molecule has 6 heteroatoms. The molecule has 2 atom stereocenters. The van der Waals surface area contributed by atoms with E-state index < -0.39 is 11.9 Å². The van der Waals surface area contributed by atoms with Gasteiger partial charge in [0.05, 0.1) is 6.61 Å². The van der Waals surface area contributed by atoms with Crippen LogP contribution in [0.25, 0.3) is 0 Å². The van der Waals surface area contributed by atoms with Crippen LogP contribution < -0.4 is 0 Å². The molecule has 0 aliphatic carbocycles. The topological polar surface area (TPSA) is 70.8 Å². The minimum absolute atomic E-state index is 0.198. The Morgan fingerprint density at radius 1 is 1.50 bits per heavy atom. The summed E-state index contributed by atoms with van der Waals surface area (Å²) in [4.78, 5) is 19.9. The van der Waals surface area contributed by atoms with Crippen molar-refractivity contribution >= 4 is 0 Å². The Bertz CT molecular complexity index is 216. The van der Waals surface area contributed by atoms with Crippen molar-refractivity contribution in [2.24, 2.45) is 0 Å². The van der Waals surface area contributed by atoms with Crippen molar-refractivity contribution in [3.05, 3.63) is 10.1 Å². The first-order chi connectivity index (χ1) is 6.70. The van der Waals surface area contributed by atoms with Gasteiger partial charge in [0.1, 0.15) is 0 Å². The fraction of sp³-hybridized carbons (Fsp3) is 1.00. The number of hydrogen-bond donors (Lipinski definition) is 0. The molecule has 0 bridgehead atoms. The van der Waals surface area contributed by atoms with Crippen LogP contribution in [0.15, 0.2) is 0 Å². The fourth-order valence-corrected chi connectivity index (χ4v) is 1.85. The monoisotopic (exact) mass is 203 g/mol. The second-order valence-corrected chi connectivity index (χ2v) is 3.72. The molecule has 80 valence electrons. The molecule has 0 aromatic heterocycles. The second-order valence-electron chi connectivity index (χ2n) is 3.72. The van der Waals surface area contributed by atoms with E-state index in [9.17, 15) is 10.1 Å². The van der Waals surface area contributed by atoms with Crippen LogP contribution in [0.5, 0.6) is 0 Å². The summed E-state index contributed by atoms with van der Waals surface area (Å²) < 4.78 is 5.42. The van der Waals surface area contributed by atoms with Crippen molar-refractivity contribution in [1.82, 2.24) is 0 Å². The molecule has 6 nitrogen and oxygen atoms in total. The average Bonchev–Trinajstić information content (AvgIpc) is 2.58. The highest BCUT2D eigenvalue weighted by Gasteiger charge is 2.43. The van der Waals surface area contributed by atoms with E-state index in [0.29, 0.717) is 19.4 Å². The van der Waals surface area contributed by atoms with E-state index in [1.807, 2.05) is 0 Å². The Labute approximate surface area is 81.2 Å². The summed E-state index contributed by atoms with van der Waals surface area (Å²) in [6.07, 6.45) is 2.66. The third-order valence-electron chi connectivity index (χ3n) is 2.60. The van der Waals surface area contributed by atoms with Crippen LogP contribution in [0.4, 0.5) is 0 Å². The smallest absolute Gasteiger partial charge is 0.232 e. The summed E-state index contributed by atoms with van der Waals surface area (Å²) in [6.45, 7) is 0.485. The van der Waals surface area contributed by atoms with Gasteiger partial charge in [-0.3, -0.25) is 10.1 Å². The van der Waals surface area contributed by atoms with Crippen molar-refractivity contribution in [1.29, 1.82) is 0 Å². The Kier molecular flexibility index (Phi) is 2.66. The van der Waals surface area contributed by atoms with Crippen LogP contribution >= 0.6 is 0 Å². The van der Waals surface area contributed by atoms with Crippen LogP contribution in [0.1, 0.15) is 25.7 Å². The lowest BCUT2D eigenvalue weighted by Crippen LogP contribution is -2.41. The second kappa shape index (κ2) is 3.80. The van der Waals surface area contributed by atoms with Crippen LogP contribution in [0.3, 0.4) is 0 Å². The molecule has 0 saturated carbocycles. The SMILES string of the molecule is O=[N+]([O-])CC1CCC2(CCCO2)OO1. The lowest BCUT2D eigenvalue weighted by molar-refractivity contribution is -0.531. The van der Waals surface area contributed by atoms with E-state index in [2.05, 4.69) is 0 Å². The van der Waals surface area contributed by atoms with Crippen LogP contribution in [0.2, 0.25) is 0 Å². The maximum Gasteiger partial charge on any atom is 0.232 e. The van der Waals surface area contributed by atoms with Gasteiger partial charge in [-0.25, -0.2) is 9.78 Å². The molecular formula is C8H13NO5. The summed E-state index contributed by atoms with van der Waals surface area (Å²) in [5.74, 6) is -0.604. The predicted octanol–water partition coefficient (Wildman–Crippen LogP) is 0.880. The van der Waals surface area contributed by atoms with Crippen LogP contribution in [-0.2, 0) is 14.5 Å². The zero-order valence-electron chi connectivity index (χ0n) is 7.81. The van der Waals surface area contributed by atoms with Gasteiger partial charge in [0, 0.05) is 17.8 Å². The van der Waals surface area contributed by atoms with Crippen molar-refractivity contribution in [3.8, 4) is 0 Å². The molecular weight excluding hydrogens is 190 g/mol. The summed E-state index contributed by atoms with van der Waals surface area (Å²) in [5.41, 5.74) is 0. The van der Waals surface area contributed by atoms with Crippen molar-refractivity contribution < 1.29 is 19.4 Å². The Balaban J connectivity index is 1.82. The molecule has 2 aliphatic heterocycles. The fourth-order valence-electron chi connectivity index (χ4n) is 1.85. The molecule has 2 unspecified atom stereocenters. The first kappa shape index (κ1) is 9.82. The van der Waals surface area contributed by atoms with Crippen LogP contribution in [-0.4, -0.2) is 30.0 Å². The van der Waals surface area contributed by atoms with Crippen molar-refractivity contribution in [2.45, 2.75) is 37.6 Å². The highest BCUT2D eigenvalue weighted by molar-refractivity contribution is 4.78. The predicted molar refractivity (Wildman–Crippen MR) is 45.0 cm³/mol. The van der Waals surface area contributed by atoms with Gasteiger partial charge in [-0.05, 0) is 12.8 Å². The number of nitro groups is 1. The molecule has 0 aromatic rings. The van der Waals surface area contributed by atoms with Crippen LogP contribution in [0, 0.1) is 10.1 Å². The summed E-state index contributed by atoms with van der Waals surface area (Å²) in [6, 6.07) is 0. The maximum absolute atomic E-state index is 10.2. The van der Waals surface area contributed by atoms with Gasteiger partial charge in [-0.2, -0.15) is 0 Å². The molecule has 2 saturated heterocycles. The van der Waals surface area contributed by atoms with Gasteiger partial charge in [-0.15, -0.1) is 0 Å². The minimum atomic E-state index is -0.604. The van der Waals surface area contributed by atoms with Gasteiger partial charge < -0.3 is 4.74 Å². The lowest BCUT2D eigenvalue weighted by Gasteiger charge is -2.33. The molecule has 0 aromatic carbocycles. The quantitative estimate of drug-likeness (QED) is 0.378. The Morgan fingerprint density at radius 3 is 2.86 bits per heavy atom. The number of nitrogens with zero attached hydrogens (tertiary/aromatic N) is 1. The van der Waals surface area contributed by atoms with E-state index in [4.69, 9.17) is 14.5 Å². The molecule has 0 amide bonds. The zero-order chi connectivity index (χ0) is 10.0. The lowest BCUT2D eigenvalue weighted by atomic mass is 10.0. The Hall–Kier alpha value is -0.720. The normalized spacial score (nSPS) is 37.6. The maximum atomic E-state index is 10.2. The molecule has 2 aliphatic rings. The van der Waals surface area contributed by atoms with Crippen molar-refractivity contribution in [3.63, 3.8) is 0 Å². The zero-order valence-corrected chi connectivity index (χ0v) is 7.81. The number of hydrogen-bond acceptors (Lipinski definition) is 5. The first-order valence-electron chi connectivity index (χ1n) is 4.80. The third kappa shape index (κ3) is 2.02. The van der Waals surface area contributed by atoms with E-state index >= 15 is 0 Å². The standard InChI is InChI=1S/C8H13NO5/c10-9(11)6-7-2-4-8(14-13-7)3-1-5-12-8/h7H,1-6H2. The highest BCUT2D eigenvalue weighted by atomic mass is 17.2. The summed E-state index contributed by atoms with van der Waals surface area (Å²) >= 11 is 0. The van der Waals surface area contributed by atoms with E-state index in [-0.39, 0.29) is 11.5 Å². The number of ether oxygens (including phenoxy) is 1. The molecule has 2 heterocycles. The molecule has 0 radical (unpaired) electrons.